The lowest BCUT2D eigenvalue weighted by Gasteiger charge is -2.15. The molecule has 8 nitrogen and oxygen atoms in total. The molecule has 3 N–H and O–H groups in total. The van der Waals surface area contributed by atoms with Crippen LogP contribution in [-0.2, 0) is 13.2 Å². The molecule has 0 aliphatic rings. The fourth-order valence-corrected chi connectivity index (χ4v) is 2.77. The SMILES string of the molecule is CCOc1c(C)ncc(Cn2cnc3c(Cl)nc(N)nc32)c1CO. The molecule has 0 saturated carbocycles. The van der Waals surface area contributed by atoms with Crippen LogP contribution >= 0.6 is 11.6 Å². The Hall–Kier alpha value is -2.45. The molecule has 126 valence electrons. The maximum Gasteiger partial charge on any atom is 0.223 e. The second kappa shape index (κ2) is 6.58. The molecule has 24 heavy (non-hydrogen) atoms. The number of anilines is 1. The number of fused-ring (bicyclic) bond motifs is 1. The average molecular weight is 349 g/mol. The highest BCUT2D eigenvalue weighted by molar-refractivity contribution is 6.33. The molecule has 3 aromatic heterocycles. The van der Waals surface area contributed by atoms with Crippen molar-refractivity contribution in [3.63, 3.8) is 0 Å². The molecule has 0 aromatic carbocycles. The van der Waals surface area contributed by atoms with Crippen molar-refractivity contribution in [2.75, 3.05) is 12.3 Å². The Morgan fingerprint density at radius 1 is 1.33 bits per heavy atom. The fourth-order valence-electron chi connectivity index (χ4n) is 2.55. The zero-order chi connectivity index (χ0) is 17.3. The van der Waals surface area contributed by atoms with Gasteiger partial charge in [-0.3, -0.25) is 4.98 Å². The van der Waals surface area contributed by atoms with Gasteiger partial charge in [-0.1, -0.05) is 11.6 Å². The lowest BCUT2D eigenvalue weighted by Crippen LogP contribution is -2.09. The molecule has 0 spiro atoms. The van der Waals surface area contributed by atoms with Gasteiger partial charge >= 0.3 is 0 Å². The molecule has 3 heterocycles. The number of hydrogen-bond donors (Lipinski definition) is 2. The molecule has 0 radical (unpaired) electrons. The van der Waals surface area contributed by atoms with Crippen LogP contribution in [0.4, 0.5) is 5.95 Å². The molecule has 0 amide bonds. The predicted molar refractivity (Wildman–Crippen MR) is 89.9 cm³/mol. The Morgan fingerprint density at radius 3 is 2.83 bits per heavy atom. The van der Waals surface area contributed by atoms with Gasteiger partial charge in [0, 0.05) is 11.8 Å². The lowest BCUT2D eigenvalue weighted by atomic mass is 10.1. The van der Waals surface area contributed by atoms with E-state index in [1.54, 1.807) is 17.1 Å². The number of pyridine rings is 1. The number of nitrogens with two attached hydrogens (primary N) is 1. The number of imidazole rings is 1. The Bertz CT molecular complexity index is 895. The molecule has 0 aliphatic heterocycles. The van der Waals surface area contributed by atoms with Gasteiger partial charge in [0.15, 0.2) is 10.8 Å². The third-order valence-corrected chi connectivity index (χ3v) is 3.89. The average Bonchev–Trinajstić information content (AvgIpc) is 2.94. The maximum absolute atomic E-state index is 9.78. The molecule has 0 atom stereocenters. The number of nitrogens with zero attached hydrogens (tertiary/aromatic N) is 5. The first kappa shape index (κ1) is 16.4. The summed E-state index contributed by atoms with van der Waals surface area (Å²) in [6, 6.07) is 0. The quantitative estimate of drug-likeness (QED) is 0.675. The smallest absolute Gasteiger partial charge is 0.223 e. The van der Waals surface area contributed by atoms with E-state index < -0.39 is 0 Å². The molecular weight excluding hydrogens is 332 g/mol. The minimum Gasteiger partial charge on any atom is -0.492 e. The Kier molecular flexibility index (Phi) is 4.50. The van der Waals surface area contributed by atoms with Crippen molar-refractivity contribution in [1.82, 2.24) is 24.5 Å². The highest BCUT2D eigenvalue weighted by atomic mass is 35.5. The van der Waals surface area contributed by atoms with Crippen molar-refractivity contribution in [2.45, 2.75) is 27.0 Å². The van der Waals surface area contributed by atoms with E-state index >= 15 is 0 Å². The summed E-state index contributed by atoms with van der Waals surface area (Å²) in [5.74, 6) is 0.683. The Balaban J connectivity index is 2.07. The second-order valence-electron chi connectivity index (χ2n) is 5.18. The van der Waals surface area contributed by atoms with Crippen molar-refractivity contribution in [2.24, 2.45) is 0 Å². The number of aromatic nitrogens is 5. The van der Waals surface area contributed by atoms with Gasteiger partial charge in [-0.25, -0.2) is 4.98 Å². The summed E-state index contributed by atoms with van der Waals surface area (Å²) >= 11 is 6.05. The lowest BCUT2D eigenvalue weighted by molar-refractivity contribution is 0.264. The summed E-state index contributed by atoms with van der Waals surface area (Å²) in [6.45, 7) is 4.46. The van der Waals surface area contributed by atoms with E-state index in [2.05, 4.69) is 19.9 Å². The van der Waals surface area contributed by atoms with Crippen molar-refractivity contribution < 1.29 is 9.84 Å². The normalized spacial score (nSPS) is 11.2. The predicted octanol–water partition coefficient (Wildman–Crippen LogP) is 1.70. The topological polar surface area (TPSA) is 112 Å². The number of nitrogen functional groups attached to an aromatic ring is 1. The van der Waals surface area contributed by atoms with E-state index in [0.29, 0.717) is 35.6 Å². The van der Waals surface area contributed by atoms with E-state index in [1.165, 1.54) is 0 Å². The number of aryl methyl sites for hydroxylation is 1. The first-order valence-electron chi connectivity index (χ1n) is 7.40. The maximum atomic E-state index is 9.78. The molecular formula is C15H17ClN6O2. The molecule has 0 aliphatic carbocycles. The van der Waals surface area contributed by atoms with Crippen LogP contribution in [0.1, 0.15) is 23.7 Å². The minimum absolute atomic E-state index is 0.0775. The molecule has 9 heteroatoms. The zero-order valence-corrected chi connectivity index (χ0v) is 14.1. The molecule has 0 fully saturated rings. The van der Waals surface area contributed by atoms with Crippen LogP contribution in [0.2, 0.25) is 5.15 Å². The first-order valence-corrected chi connectivity index (χ1v) is 7.77. The summed E-state index contributed by atoms with van der Waals surface area (Å²) in [5, 5.41) is 9.99. The van der Waals surface area contributed by atoms with E-state index in [9.17, 15) is 5.11 Å². The van der Waals surface area contributed by atoms with E-state index in [-0.39, 0.29) is 17.7 Å². The van der Waals surface area contributed by atoms with Crippen LogP contribution < -0.4 is 10.5 Å². The number of rotatable bonds is 5. The fraction of sp³-hybridized carbons (Fsp3) is 0.333. The summed E-state index contributed by atoms with van der Waals surface area (Å²) in [4.78, 5) is 16.7. The van der Waals surface area contributed by atoms with Gasteiger partial charge in [0.05, 0.1) is 31.8 Å². The zero-order valence-electron chi connectivity index (χ0n) is 13.3. The van der Waals surface area contributed by atoms with Crippen LogP contribution in [0, 0.1) is 6.92 Å². The number of aliphatic hydroxyl groups excluding tert-OH is 1. The number of hydrogen-bond acceptors (Lipinski definition) is 7. The van der Waals surface area contributed by atoms with E-state index in [1.807, 2.05) is 13.8 Å². The molecule has 0 bridgehead atoms. The van der Waals surface area contributed by atoms with Crippen LogP contribution in [0.3, 0.4) is 0 Å². The molecule has 3 rings (SSSR count). The van der Waals surface area contributed by atoms with Crippen molar-refractivity contribution in [1.29, 1.82) is 0 Å². The van der Waals surface area contributed by atoms with Crippen molar-refractivity contribution in [3.05, 3.63) is 34.5 Å². The summed E-state index contributed by atoms with van der Waals surface area (Å²) < 4.78 is 7.41. The standard InChI is InChI=1S/C15H17ClN6O2/c1-3-24-12-8(2)18-4-9(10(12)6-23)5-22-7-19-11-13(16)20-15(17)21-14(11)22/h4,7,23H,3,5-6H2,1-2H3,(H2,17,20,21). The van der Waals surface area contributed by atoms with E-state index in [4.69, 9.17) is 22.1 Å². The minimum atomic E-state index is -0.154. The molecule has 0 unspecified atom stereocenters. The highest BCUT2D eigenvalue weighted by Gasteiger charge is 2.16. The van der Waals surface area contributed by atoms with E-state index in [0.717, 1.165) is 11.3 Å². The van der Waals surface area contributed by atoms with Gasteiger partial charge in [-0.2, -0.15) is 9.97 Å². The van der Waals surface area contributed by atoms with Gasteiger partial charge in [0.2, 0.25) is 5.95 Å². The van der Waals surface area contributed by atoms with Gasteiger partial charge in [-0.15, -0.1) is 0 Å². The van der Waals surface area contributed by atoms with Crippen LogP contribution in [-0.4, -0.2) is 36.2 Å². The second-order valence-corrected chi connectivity index (χ2v) is 5.54. The Labute approximate surface area is 143 Å². The molecule has 0 saturated heterocycles. The van der Waals surface area contributed by atoms with Crippen LogP contribution in [0.15, 0.2) is 12.5 Å². The van der Waals surface area contributed by atoms with Crippen LogP contribution in [0.5, 0.6) is 5.75 Å². The molecule has 3 aromatic rings. The first-order chi connectivity index (χ1) is 11.5. The van der Waals surface area contributed by atoms with Gasteiger partial charge < -0.3 is 20.1 Å². The van der Waals surface area contributed by atoms with Gasteiger partial charge in [-0.05, 0) is 19.4 Å². The number of aliphatic hydroxyl groups is 1. The summed E-state index contributed by atoms with van der Waals surface area (Å²) in [6.07, 6.45) is 3.31. The number of halogens is 1. The Morgan fingerprint density at radius 2 is 2.12 bits per heavy atom. The monoisotopic (exact) mass is 348 g/mol. The summed E-state index contributed by atoms with van der Waals surface area (Å²) in [7, 11) is 0. The largest absolute Gasteiger partial charge is 0.492 e. The van der Waals surface area contributed by atoms with Gasteiger partial charge in [0.25, 0.3) is 0 Å². The van der Waals surface area contributed by atoms with Gasteiger partial charge in [0.1, 0.15) is 11.3 Å². The highest BCUT2D eigenvalue weighted by Crippen LogP contribution is 2.27. The van der Waals surface area contributed by atoms with Crippen LogP contribution in [0.25, 0.3) is 11.2 Å². The summed E-state index contributed by atoms with van der Waals surface area (Å²) in [5.41, 5.74) is 8.89. The third kappa shape index (κ3) is 2.85. The number of ether oxygens (including phenoxy) is 1. The van der Waals surface area contributed by atoms with Crippen molar-refractivity contribution >= 4 is 28.7 Å². The van der Waals surface area contributed by atoms with Crippen molar-refractivity contribution in [3.8, 4) is 5.75 Å². The third-order valence-electron chi connectivity index (χ3n) is 3.63.